The van der Waals surface area contributed by atoms with E-state index in [9.17, 15) is 9.90 Å². The summed E-state index contributed by atoms with van der Waals surface area (Å²) in [4.78, 5) is 14.1. The molecule has 3 N–H and O–H groups in total. The van der Waals surface area contributed by atoms with Crippen molar-refractivity contribution in [2.24, 2.45) is 5.73 Å². The van der Waals surface area contributed by atoms with Crippen molar-refractivity contribution in [3.05, 3.63) is 23.8 Å². The van der Waals surface area contributed by atoms with Gasteiger partial charge in [0.1, 0.15) is 0 Å². The molecule has 0 aliphatic carbocycles. The van der Waals surface area contributed by atoms with Crippen LogP contribution in [0.3, 0.4) is 0 Å². The van der Waals surface area contributed by atoms with Crippen molar-refractivity contribution in [2.45, 2.75) is 19.1 Å². The van der Waals surface area contributed by atoms with Crippen LogP contribution < -0.4 is 10.5 Å². The summed E-state index contributed by atoms with van der Waals surface area (Å²) in [6.45, 7) is 3.32. The summed E-state index contributed by atoms with van der Waals surface area (Å²) in [5.74, 6) is 0.157. The fraction of sp³-hybridized carbons (Fsp3) is 0.500. The number of rotatable bonds is 3. The van der Waals surface area contributed by atoms with Gasteiger partial charge in [0.15, 0.2) is 11.5 Å². The van der Waals surface area contributed by atoms with Gasteiger partial charge in [0, 0.05) is 24.7 Å². The number of carbonyl (C=O) groups excluding carboxylic acids is 1. The number of benzene rings is 1. The number of phenols is 1. The standard InChI is InChI=1S/C14H20N2O4/c1-9(15)13-8-16(5-6-20-13)14(18)10-3-4-12(19-2)11(17)7-10/h3-4,7,9,13,17H,5-6,8,15H2,1-2H3. The van der Waals surface area contributed by atoms with E-state index in [-0.39, 0.29) is 23.8 Å². The van der Waals surface area contributed by atoms with Crippen LogP contribution in [0, 0.1) is 0 Å². The highest BCUT2D eigenvalue weighted by molar-refractivity contribution is 5.95. The summed E-state index contributed by atoms with van der Waals surface area (Å²) >= 11 is 0. The first-order chi connectivity index (χ1) is 9.52. The quantitative estimate of drug-likeness (QED) is 0.846. The highest BCUT2D eigenvalue weighted by Crippen LogP contribution is 2.27. The molecule has 2 atom stereocenters. The lowest BCUT2D eigenvalue weighted by Gasteiger charge is -2.34. The molecule has 110 valence electrons. The van der Waals surface area contributed by atoms with Gasteiger partial charge in [-0.2, -0.15) is 0 Å². The predicted octanol–water partition coefficient (Wildman–Crippen LogP) is 0.589. The van der Waals surface area contributed by atoms with Crippen molar-refractivity contribution in [3.8, 4) is 11.5 Å². The maximum Gasteiger partial charge on any atom is 0.254 e. The molecule has 1 aliphatic rings. The minimum atomic E-state index is -0.153. The van der Waals surface area contributed by atoms with E-state index in [0.29, 0.717) is 31.0 Å². The van der Waals surface area contributed by atoms with Crippen molar-refractivity contribution in [1.82, 2.24) is 4.90 Å². The fourth-order valence-corrected chi connectivity index (χ4v) is 2.18. The van der Waals surface area contributed by atoms with Gasteiger partial charge in [-0.1, -0.05) is 0 Å². The molecule has 1 fully saturated rings. The van der Waals surface area contributed by atoms with Crippen molar-refractivity contribution >= 4 is 5.91 Å². The van der Waals surface area contributed by atoms with E-state index in [4.69, 9.17) is 15.2 Å². The third-order valence-electron chi connectivity index (χ3n) is 3.39. The molecule has 20 heavy (non-hydrogen) atoms. The topological polar surface area (TPSA) is 85.0 Å². The molecule has 0 radical (unpaired) electrons. The lowest BCUT2D eigenvalue weighted by atomic mass is 10.1. The Morgan fingerprint density at radius 1 is 1.60 bits per heavy atom. The highest BCUT2D eigenvalue weighted by atomic mass is 16.5. The number of hydrogen-bond acceptors (Lipinski definition) is 5. The van der Waals surface area contributed by atoms with Crippen molar-refractivity contribution < 1.29 is 19.4 Å². The molecule has 2 unspecified atom stereocenters. The molecule has 1 heterocycles. The van der Waals surface area contributed by atoms with Crippen molar-refractivity contribution in [1.29, 1.82) is 0 Å². The van der Waals surface area contributed by atoms with Gasteiger partial charge in [-0.3, -0.25) is 4.79 Å². The Labute approximate surface area is 118 Å². The average Bonchev–Trinajstić information content (AvgIpc) is 2.46. The Bertz CT molecular complexity index is 490. The average molecular weight is 280 g/mol. The molecule has 1 aromatic carbocycles. The van der Waals surface area contributed by atoms with Crippen molar-refractivity contribution in [2.75, 3.05) is 26.8 Å². The number of nitrogens with zero attached hydrogens (tertiary/aromatic N) is 1. The summed E-state index contributed by atoms with van der Waals surface area (Å²) in [6.07, 6.45) is -0.153. The maximum absolute atomic E-state index is 12.4. The Kier molecular flexibility index (Phi) is 4.46. The molecule has 0 bridgehead atoms. The van der Waals surface area contributed by atoms with Crippen LogP contribution in [0.15, 0.2) is 18.2 Å². The Hall–Kier alpha value is -1.79. The first-order valence-corrected chi connectivity index (χ1v) is 6.56. The molecule has 0 aromatic heterocycles. The van der Waals surface area contributed by atoms with Crippen LogP contribution in [-0.2, 0) is 4.74 Å². The summed E-state index contributed by atoms with van der Waals surface area (Å²) in [7, 11) is 1.46. The smallest absolute Gasteiger partial charge is 0.254 e. The summed E-state index contributed by atoms with van der Waals surface area (Å²) in [6, 6.07) is 4.50. The zero-order valence-corrected chi connectivity index (χ0v) is 11.7. The third kappa shape index (κ3) is 3.02. The number of morpholine rings is 1. The van der Waals surface area contributed by atoms with E-state index in [0.717, 1.165) is 0 Å². The lowest BCUT2D eigenvalue weighted by Crippen LogP contribution is -2.51. The highest BCUT2D eigenvalue weighted by Gasteiger charge is 2.27. The Morgan fingerprint density at radius 2 is 2.35 bits per heavy atom. The van der Waals surface area contributed by atoms with Crippen LogP contribution in [0.25, 0.3) is 0 Å². The minimum Gasteiger partial charge on any atom is -0.504 e. The van der Waals surface area contributed by atoms with Gasteiger partial charge in [0.25, 0.3) is 5.91 Å². The first-order valence-electron chi connectivity index (χ1n) is 6.56. The van der Waals surface area contributed by atoms with E-state index < -0.39 is 0 Å². The van der Waals surface area contributed by atoms with Gasteiger partial charge in [-0.05, 0) is 25.1 Å². The van der Waals surface area contributed by atoms with E-state index >= 15 is 0 Å². The van der Waals surface area contributed by atoms with Crippen LogP contribution in [0.5, 0.6) is 11.5 Å². The van der Waals surface area contributed by atoms with Crippen LogP contribution in [-0.4, -0.2) is 54.9 Å². The normalized spacial score (nSPS) is 20.6. The number of nitrogens with two attached hydrogens (primary N) is 1. The second-order valence-corrected chi connectivity index (χ2v) is 4.91. The summed E-state index contributed by atoms with van der Waals surface area (Å²) in [5, 5.41) is 9.74. The summed E-state index contributed by atoms with van der Waals surface area (Å²) < 4.78 is 10.5. The van der Waals surface area contributed by atoms with Gasteiger partial charge in [0.05, 0.1) is 19.8 Å². The molecular weight excluding hydrogens is 260 g/mol. The number of phenolic OH excluding ortho intramolecular Hbond substituents is 1. The second kappa shape index (κ2) is 6.11. The number of aromatic hydroxyl groups is 1. The predicted molar refractivity (Wildman–Crippen MR) is 74.0 cm³/mol. The molecule has 0 saturated carbocycles. The second-order valence-electron chi connectivity index (χ2n) is 4.91. The Morgan fingerprint density at radius 3 is 2.95 bits per heavy atom. The third-order valence-corrected chi connectivity index (χ3v) is 3.39. The molecule has 6 nitrogen and oxygen atoms in total. The van der Waals surface area contributed by atoms with Gasteiger partial charge < -0.3 is 25.2 Å². The minimum absolute atomic E-state index is 0.0460. The molecular formula is C14H20N2O4. The van der Waals surface area contributed by atoms with E-state index in [1.165, 1.54) is 13.2 Å². The van der Waals surface area contributed by atoms with E-state index in [2.05, 4.69) is 0 Å². The number of ether oxygens (including phenoxy) is 2. The molecule has 2 rings (SSSR count). The van der Waals surface area contributed by atoms with Crippen molar-refractivity contribution in [3.63, 3.8) is 0 Å². The number of methoxy groups -OCH3 is 1. The van der Waals surface area contributed by atoms with Crippen LogP contribution in [0.1, 0.15) is 17.3 Å². The molecule has 1 saturated heterocycles. The summed E-state index contributed by atoms with van der Waals surface area (Å²) in [5.41, 5.74) is 6.24. The zero-order chi connectivity index (χ0) is 14.7. The monoisotopic (exact) mass is 280 g/mol. The number of hydrogen-bond donors (Lipinski definition) is 2. The maximum atomic E-state index is 12.4. The molecule has 0 spiro atoms. The largest absolute Gasteiger partial charge is 0.504 e. The first kappa shape index (κ1) is 14.6. The van der Waals surface area contributed by atoms with Gasteiger partial charge in [-0.25, -0.2) is 0 Å². The SMILES string of the molecule is COc1ccc(C(=O)N2CCOC(C(C)N)C2)cc1O. The molecule has 6 heteroatoms. The van der Waals surface area contributed by atoms with Crippen LogP contribution >= 0.6 is 0 Å². The zero-order valence-electron chi connectivity index (χ0n) is 11.7. The van der Waals surface area contributed by atoms with Crippen LogP contribution in [0.4, 0.5) is 0 Å². The number of carbonyl (C=O) groups is 1. The molecule has 1 amide bonds. The van der Waals surface area contributed by atoms with Gasteiger partial charge >= 0.3 is 0 Å². The number of amides is 1. The fourth-order valence-electron chi connectivity index (χ4n) is 2.18. The van der Waals surface area contributed by atoms with E-state index in [1.807, 2.05) is 6.92 Å². The van der Waals surface area contributed by atoms with Gasteiger partial charge in [0.2, 0.25) is 0 Å². The Balaban J connectivity index is 2.12. The van der Waals surface area contributed by atoms with Crippen LogP contribution in [0.2, 0.25) is 0 Å². The van der Waals surface area contributed by atoms with Gasteiger partial charge in [-0.15, -0.1) is 0 Å². The molecule has 1 aromatic rings. The lowest BCUT2D eigenvalue weighted by molar-refractivity contribution is -0.0300. The molecule has 1 aliphatic heterocycles. The van der Waals surface area contributed by atoms with E-state index in [1.54, 1.807) is 17.0 Å².